The minimum absolute atomic E-state index is 0.164. The third kappa shape index (κ3) is 2.68. The Morgan fingerprint density at radius 2 is 0.864 bits per heavy atom. The van der Waals surface area contributed by atoms with Gasteiger partial charge in [0, 0.05) is 11.1 Å². The summed E-state index contributed by atoms with van der Waals surface area (Å²) >= 11 is 0. The molecule has 3 aromatic rings. The standard InChI is InChI=1S/C20H18O2/c1-13-3-7-15(8-4-13)17-11-20(22)18(12-19(17)21)16-9-5-14(2)6-10-16/h3-12,21-22H,1-2H3. The van der Waals surface area contributed by atoms with Crippen LogP contribution >= 0.6 is 0 Å². The minimum Gasteiger partial charge on any atom is -0.507 e. The molecular formula is C20H18O2. The Morgan fingerprint density at radius 3 is 1.18 bits per heavy atom. The fraction of sp³-hybridized carbons (Fsp3) is 0.100. The summed E-state index contributed by atoms with van der Waals surface area (Å²) in [4.78, 5) is 0. The Labute approximate surface area is 130 Å². The van der Waals surface area contributed by atoms with Crippen molar-refractivity contribution >= 4 is 0 Å². The third-order valence-electron chi connectivity index (χ3n) is 3.84. The fourth-order valence-electron chi connectivity index (χ4n) is 2.51. The lowest BCUT2D eigenvalue weighted by Crippen LogP contribution is -1.85. The van der Waals surface area contributed by atoms with Gasteiger partial charge >= 0.3 is 0 Å². The van der Waals surface area contributed by atoms with Crippen LogP contribution in [0, 0.1) is 13.8 Å². The number of aromatic hydroxyl groups is 2. The van der Waals surface area contributed by atoms with Gasteiger partial charge in [0.25, 0.3) is 0 Å². The van der Waals surface area contributed by atoms with Crippen LogP contribution in [-0.4, -0.2) is 10.2 Å². The second kappa shape index (κ2) is 5.57. The van der Waals surface area contributed by atoms with Crippen LogP contribution in [0.3, 0.4) is 0 Å². The molecule has 0 heterocycles. The molecule has 2 nitrogen and oxygen atoms in total. The molecule has 3 aromatic carbocycles. The van der Waals surface area contributed by atoms with Crippen molar-refractivity contribution in [1.82, 2.24) is 0 Å². The Kier molecular flexibility index (Phi) is 3.60. The Morgan fingerprint density at radius 1 is 0.545 bits per heavy atom. The highest BCUT2D eigenvalue weighted by Crippen LogP contribution is 2.39. The molecule has 0 radical (unpaired) electrons. The Bertz CT molecular complexity index is 729. The molecule has 0 saturated carbocycles. The van der Waals surface area contributed by atoms with Crippen LogP contribution in [0.15, 0.2) is 60.7 Å². The summed E-state index contributed by atoms with van der Waals surface area (Å²) in [6.07, 6.45) is 0. The predicted octanol–water partition coefficient (Wildman–Crippen LogP) is 5.05. The van der Waals surface area contributed by atoms with Crippen LogP contribution in [-0.2, 0) is 0 Å². The molecule has 0 saturated heterocycles. The molecule has 0 aliphatic heterocycles. The first-order valence-corrected chi connectivity index (χ1v) is 7.24. The minimum atomic E-state index is 0.164. The molecule has 0 unspecified atom stereocenters. The van der Waals surface area contributed by atoms with E-state index in [0.717, 1.165) is 22.3 Å². The van der Waals surface area contributed by atoms with Gasteiger partial charge in [0.1, 0.15) is 11.5 Å². The number of phenols is 2. The van der Waals surface area contributed by atoms with E-state index in [4.69, 9.17) is 0 Å². The molecule has 0 bridgehead atoms. The van der Waals surface area contributed by atoms with Gasteiger partial charge in [0.2, 0.25) is 0 Å². The van der Waals surface area contributed by atoms with Crippen molar-refractivity contribution in [2.45, 2.75) is 13.8 Å². The van der Waals surface area contributed by atoms with Gasteiger partial charge in [-0.15, -0.1) is 0 Å². The molecule has 2 N–H and O–H groups in total. The smallest absolute Gasteiger partial charge is 0.124 e. The molecule has 0 atom stereocenters. The summed E-state index contributed by atoms with van der Waals surface area (Å²) in [6.45, 7) is 4.03. The maximum absolute atomic E-state index is 10.3. The lowest BCUT2D eigenvalue weighted by Gasteiger charge is -2.11. The van der Waals surface area contributed by atoms with Crippen molar-refractivity contribution in [3.8, 4) is 33.8 Å². The van der Waals surface area contributed by atoms with E-state index in [-0.39, 0.29) is 11.5 Å². The van der Waals surface area contributed by atoms with Gasteiger partial charge in [-0.25, -0.2) is 0 Å². The van der Waals surface area contributed by atoms with Crippen LogP contribution in [0.5, 0.6) is 11.5 Å². The molecule has 0 aliphatic carbocycles. The van der Waals surface area contributed by atoms with E-state index in [1.807, 2.05) is 62.4 Å². The van der Waals surface area contributed by atoms with Crippen molar-refractivity contribution in [3.05, 3.63) is 71.8 Å². The van der Waals surface area contributed by atoms with Gasteiger partial charge in [-0.3, -0.25) is 0 Å². The first-order valence-electron chi connectivity index (χ1n) is 7.24. The highest BCUT2D eigenvalue weighted by atomic mass is 16.3. The predicted molar refractivity (Wildman–Crippen MR) is 90.1 cm³/mol. The van der Waals surface area contributed by atoms with E-state index in [1.165, 1.54) is 0 Å². The van der Waals surface area contributed by atoms with Crippen LogP contribution in [0.2, 0.25) is 0 Å². The Balaban J connectivity index is 2.08. The van der Waals surface area contributed by atoms with Crippen LogP contribution in [0.25, 0.3) is 22.3 Å². The molecule has 0 amide bonds. The lowest BCUT2D eigenvalue weighted by molar-refractivity contribution is 0.463. The summed E-state index contributed by atoms with van der Waals surface area (Å²) in [6, 6.07) is 18.9. The molecule has 3 rings (SSSR count). The summed E-state index contributed by atoms with van der Waals surface area (Å²) in [5.74, 6) is 0.328. The van der Waals surface area contributed by atoms with Gasteiger partial charge in [0.05, 0.1) is 0 Å². The molecule has 2 heteroatoms. The molecular weight excluding hydrogens is 272 g/mol. The molecule has 0 spiro atoms. The highest BCUT2D eigenvalue weighted by molar-refractivity contribution is 5.80. The van der Waals surface area contributed by atoms with Crippen molar-refractivity contribution in [1.29, 1.82) is 0 Å². The number of phenolic OH excluding ortho intramolecular Hbond substituents is 2. The average molecular weight is 290 g/mol. The first-order chi connectivity index (χ1) is 10.5. The van der Waals surface area contributed by atoms with Gasteiger partial charge in [-0.05, 0) is 37.1 Å². The third-order valence-corrected chi connectivity index (χ3v) is 3.84. The molecule has 0 aromatic heterocycles. The number of benzene rings is 3. The molecule has 22 heavy (non-hydrogen) atoms. The van der Waals surface area contributed by atoms with Gasteiger partial charge < -0.3 is 10.2 Å². The summed E-state index contributed by atoms with van der Waals surface area (Å²) < 4.78 is 0. The van der Waals surface area contributed by atoms with Crippen LogP contribution in [0.4, 0.5) is 0 Å². The van der Waals surface area contributed by atoms with E-state index in [9.17, 15) is 10.2 Å². The maximum atomic E-state index is 10.3. The van der Waals surface area contributed by atoms with E-state index in [2.05, 4.69) is 0 Å². The van der Waals surface area contributed by atoms with Crippen molar-refractivity contribution in [3.63, 3.8) is 0 Å². The average Bonchev–Trinajstić information content (AvgIpc) is 2.51. The van der Waals surface area contributed by atoms with Gasteiger partial charge in [-0.2, -0.15) is 0 Å². The van der Waals surface area contributed by atoms with Gasteiger partial charge in [-0.1, -0.05) is 59.7 Å². The van der Waals surface area contributed by atoms with E-state index in [1.54, 1.807) is 12.1 Å². The van der Waals surface area contributed by atoms with Crippen LogP contribution in [0.1, 0.15) is 11.1 Å². The zero-order valence-corrected chi connectivity index (χ0v) is 12.7. The molecule has 110 valence electrons. The van der Waals surface area contributed by atoms with Gasteiger partial charge in [0.15, 0.2) is 0 Å². The van der Waals surface area contributed by atoms with E-state index >= 15 is 0 Å². The highest BCUT2D eigenvalue weighted by Gasteiger charge is 2.12. The molecule has 0 fully saturated rings. The second-order valence-corrected chi connectivity index (χ2v) is 5.62. The number of rotatable bonds is 2. The second-order valence-electron chi connectivity index (χ2n) is 5.62. The van der Waals surface area contributed by atoms with E-state index < -0.39 is 0 Å². The number of hydrogen-bond acceptors (Lipinski definition) is 2. The monoisotopic (exact) mass is 290 g/mol. The number of hydrogen-bond donors (Lipinski definition) is 2. The summed E-state index contributed by atoms with van der Waals surface area (Å²) in [5.41, 5.74) is 5.34. The topological polar surface area (TPSA) is 40.5 Å². The quantitative estimate of drug-likeness (QED) is 0.648. The fourth-order valence-corrected chi connectivity index (χ4v) is 2.51. The van der Waals surface area contributed by atoms with Crippen molar-refractivity contribution < 1.29 is 10.2 Å². The first kappa shape index (κ1) is 14.2. The SMILES string of the molecule is Cc1ccc(-c2cc(O)c(-c3ccc(C)cc3)cc2O)cc1. The summed E-state index contributed by atoms with van der Waals surface area (Å²) in [7, 11) is 0. The largest absolute Gasteiger partial charge is 0.507 e. The lowest BCUT2D eigenvalue weighted by atomic mass is 9.97. The van der Waals surface area contributed by atoms with Crippen molar-refractivity contribution in [2.24, 2.45) is 0 Å². The van der Waals surface area contributed by atoms with E-state index in [0.29, 0.717) is 11.1 Å². The maximum Gasteiger partial charge on any atom is 0.124 e. The number of aryl methyl sites for hydroxylation is 2. The van der Waals surface area contributed by atoms with Crippen LogP contribution < -0.4 is 0 Å². The molecule has 0 aliphatic rings. The normalized spacial score (nSPS) is 10.6. The summed E-state index contributed by atoms with van der Waals surface area (Å²) in [5, 5.41) is 20.7. The zero-order valence-electron chi connectivity index (χ0n) is 12.7. The van der Waals surface area contributed by atoms with Crippen molar-refractivity contribution in [2.75, 3.05) is 0 Å². The Hall–Kier alpha value is -2.74. The zero-order chi connectivity index (χ0) is 15.7.